The van der Waals surface area contributed by atoms with Crippen molar-refractivity contribution in [3.8, 4) is 5.75 Å². The molecule has 3 heteroatoms. The molecule has 0 aromatic heterocycles. The van der Waals surface area contributed by atoms with E-state index in [0.29, 0.717) is 0 Å². The first-order valence-electron chi connectivity index (χ1n) is 6.84. The molecule has 0 saturated carbocycles. The first-order valence-corrected chi connectivity index (χ1v) is 6.84. The molecule has 100 valence electrons. The zero-order chi connectivity index (χ0) is 12.8. The lowest BCUT2D eigenvalue weighted by atomic mass is 10.1. The minimum atomic E-state index is 0.787. The second kappa shape index (κ2) is 6.76. The lowest BCUT2D eigenvalue weighted by molar-refractivity contribution is 0.232. The number of ether oxygens (including phenoxy) is 1. The van der Waals surface area contributed by atoms with E-state index in [-0.39, 0.29) is 0 Å². The summed E-state index contributed by atoms with van der Waals surface area (Å²) in [6.07, 6.45) is 1.31. The first-order chi connectivity index (χ1) is 8.78. The van der Waals surface area contributed by atoms with Crippen molar-refractivity contribution in [3.63, 3.8) is 0 Å². The van der Waals surface area contributed by atoms with E-state index in [4.69, 9.17) is 4.74 Å². The van der Waals surface area contributed by atoms with Gasteiger partial charge in [-0.3, -0.25) is 4.90 Å². The molecule has 0 spiro atoms. The average Bonchev–Trinajstić information content (AvgIpc) is 2.78. The van der Waals surface area contributed by atoms with Gasteiger partial charge in [0.15, 0.2) is 0 Å². The Morgan fingerprint density at radius 2 is 2.33 bits per heavy atom. The molecule has 0 radical (unpaired) electrons. The zero-order valence-electron chi connectivity index (χ0n) is 11.5. The summed E-state index contributed by atoms with van der Waals surface area (Å²) >= 11 is 0. The van der Waals surface area contributed by atoms with Crippen LogP contribution in [0.4, 0.5) is 0 Å². The number of benzene rings is 1. The van der Waals surface area contributed by atoms with E-state index in [1.165, 1.54) is 25.1 Å². The quantitative estimate of drug-likeness (QED) is 0.832. The zero-order valence-corrected chi connectivity index (χ0v) is 11.5. The van der Waals surface area contributed by atoms with Crippen molar-refractivity contribution in [2.45, 2.75) is 13.3 Å². The molecular formula is C15H24N2O. The van der Waals surface area contributed by atoms with Gasteiger partial charge in [-0.05, 0) is 57.1 Å². The summed E-state index contributed by atoms with van der Waals surface area (Å²) in [5.41, 5.74) is 1.25. The predicted molar refractivity (Wildman–Crippen MR) is 75.1 cm³/mol. The van der Waals surface area contributed by atoms with Gasteiger partial charge in [-0.1, -0.05) is 12.1 Å². The number of hydrogen-bond donors (Lipinski definition) is 1. The van der Waals surface area contributed by atoms with E-state index in [0.717, 1.165) is 31.4 Å². The van der Waals surface area contributed by atoms with Crippen LogP contribution in [0.15, 0.2) is 24.3 Å². The lowest BCUT2D eigenvalue weighted by Gasteiger charge is -2.16. The second-order valence-electron chi connectivity index (χ2n) is 5.18. The Morgan fingerprint density at radius 3 is 3.11 bits per heavy atom. The standard InChI is InChI=1S/C15H24N2O/c1-13-4-3-5-15(10-13)18-9-8-17-7-6-14(12-17)11-16-2/h3-5,10,14,16H,6-9,11-12H2,1-2H3. The number of rotatable bonds is 6. The maximum atomic E-state index is 5.79. The van der Waals surface area contributed by atoms with Gasteiger partial charge in [0.1, 0.15) is 12.4 Å². The van der Waals surface area contributed by atoms with Gasteiger partial charge in [0.2, 0.25) is 0 Å². The number of aryl methyl sites for hydroxylation is 1. The van der Waals surface area contributed by atoms with Crippen molar-refractivity contribution in [1.82, 2.24) is 10.2 Å². The molecule has 1 heterocycles. The van der Waals surface area contributed by atoms with Crippen molar-refractivity contribution < 1.29 is 4.74 Å². The Hall–Kier alpha value is -1.06. The molecule has 1 aromatic rings. The molecule has 0 aliphatic carbocycles. The monoisotopic (exact) mass is 248 g/mol. The Labute approximate surface area is 110 Å². The van der Waals surface area contributed by atoms with Crippen LogP contribution < -0.4 is 10.1 Å². The van der Waals surface area contributed by atoms with Crippen molar-refractivity contribution in [2.75, 3.05) is 39.8 Å². The van der Waals surface area contributed by atoms with Crippen molar-refractivity contribution in [1.29, 1.82) is 0 Å². The molecule has 1 saturated heterocycles. The van der Waals surface area contributed by atoms with Gasteiger partial charge in [0.25, 0.3) is 0 Å². The number of nitrogens with zero attached hydrogens (tertiary/aromatic N) is 1. The normalized spacial score (nSPS) is 20.2. The summed E-state index contributed by atoms with van der Waals surface area (Å²) in [5.74, 6) is 1.80. The van der Waals surface area contributed by atoms with Crippen LogP contribution in [-0.2, 0) is 0 Å². The summed E-state index contributed by atoms with van der Waals surface area (Å²) in [7, 11) is 2.03. The smallest absolute Gasteiger partial charge is 0.119 e. The van der Waals surface area contributed by atoms with E-state index < -0.39 is 0 Å². The lowest BCUT2D eigenvalue weighted by Crippen LogP contribution is -2.28. The summed E-state index contributed by atoms with van der Waals surface area (Å²) < 4.78 is 5.79. The molecule has 1 fully saturated rings. The Bertz CT molecular complexity index is 367. The maximum Gasteiger partial charge on any atom is 0.119 e. The maximum absolute atomic E-state index is 5.79. The second-order valence-corrected chi connectivity index (χ2v) is 5.18. The van der Waals surface area contributed by atoms with E-state index >= 15 is 0 Å². The Balaban J connectivity index is 1.67. The van der Waals surface area contributed by atoms with Crippen LogP contribution in [0.3, 0.4) is 0 Å². The highest BCUT2D eigenvalue weighted by Crippen LogP contribution is 2.16. The van der Waals surface area contributed by atoms with Crippen molar-refractivity contribution in [2.24, 2.45) is 5.92 Å². The van der Waals surface area contributed by atoms with Gasteiger partial charge in [-0.25, -0.2) is 0 Å². The van der Waals surface area contributed by atoms with Crippen LogP contribution in [0.5, 0.6) is 5.75 Å². The third-order valence-corrected chi connectivity index (χ3v) is 3.53. The summed E-state index contributed by atoms with van der Waals surface area (Å²) in [5, 5.41) is 3.26. The van der Waals surface area contributed by atoms with Gasteiger partial charge in [0.05, 0.1) is 0 Å². The average molecular weight is 248 g/mol. The minimum Gasteiger partial charge on any atom is -0.492 e. The number of hydrogen-bond acceptors (Lipinski definition) is 3. The number of likely N-dealkylation sites (tertiary alicyclic amines) is 1. The molecule has 1 atom stereocenters. The van der Waals surface area contributed by atoms with E-state index in [9.17, 15) is 0 Å². The summed E-state index contributed by atoms with van der Waals surface area (Å²) in [4.78, 5) is 2.50. The fraction of sp³-hybridized carbons (Fsp3) is 0.600. The van der Waals surface area contributed by atoms with Crippen molar-refractivity contribution in [3.05, 3.63) is 29.8 Å². The molecule has 1 aliphatic heterocycles. The first kappa shape index (κ1) is 13.4. The summed E-state index contributed by atoms with van der Waals surface area (Å²) in [6, 6.07) is 8.26. The molecule has 0 bridgehead atoms. The Kier molecular flexibility index (Phi) is 5.02. The molecule has 18 heavy (non-hydrogen) atoms. The van der Waals surface area contributed by atoms with Crippen molar-refractivity contribution >= 4 is 0 Å². The van der Waals surface area contributed by atoms with Gasteiger partial charge >= 0.3 is 0 Å². The van der Waals surface area contributed by atoms with Crippen LogP contribution in [0.25, 0.3) is 0 Å². The van der Waals surface area contributed by atoms with Crippen LogP contribution in [0.1, 0.15) is 12.0 Å². The van der Waals surface area contributed by atoms with Crippen LogP contribution in [-0.4, -0.2) is 44.7 Å². The van der Waals surface area contributed by atoms with Gasteiger partial charge in [-0.2, -0.15) is 0 Å². The molecule has 1 aromatic carbocycles. The Morgan fingerprint density at radius 1 is 1.44 bits per heavy atom. The largest absolute Gasteiger partial charge is 0.492 e. The SMILES string of the molecule is CNCC1CCN(CCOc2cccc(C)c2)C1. The molecule has 1 unspecified atom stereocenters. The third kappa shape index (κ3) is 4.00. The van der Waals surface area contributed by atoms with Crippen LogP contribution >= 0.6 is 0 Å². The van der Waals surface area contributed by atoms with Gasteiger partial charge < -0.3 is 10.1 Å². The predicted octanol–water partition coefficient (Wildman–Crippen LogP) is 1.92. The molecule has 1 aliphatic rings. The topological polar surface area (TPSA) is 24.5 Å². The van der Waals surface area contributed by atoms with Crippen LogP contribution in [0.2, 0.25) is 0 Å². The van der Waals surface area contributed by atoms with E-state index in [1.54, 1.807) is 0 Å². The summed E-state index contributed by atoms with van der Waals surface area (Å²) in [6.45, 7) is 7.47. The highest BCUT2D eigenvalue weighted by molar-refractivity contribution is 5.27. The van der Waals surface area contributed by atoms with Crippen LogP contribution in [0, 0.1) is 12.8 Å². The van der Waals surface area contributed by atoms with Gasteiger partial charge in [-0.15, -0.1) is 0 Å². The highest BCUT2D eigenvalue weighted by atomic mass is 16.5. The molecular weight excluding hydrogens is 224 g/mol. The molecule has 2 rings (SSSR count). The molecule has 3 nitrogen and oxygen atoms in total. The van der Waals surface area contributed by atoms with E-state index in [1.807, 2.05) is 19.2 Å². The third-order valence-electron chi connectivity index (χ3n) is 3.53. The fourth-order valence-electron chi connectivity index (χ4n) is 2.57. The molecule has 1 N–H and O–H groups in total. The van der Waals surface area contributed by atoms with E-state index in [2.05, 4.69) is 29.3 Å². The van der Waals surface area contributed by atoms with Gasteiger partial charge in [0, 0.05) is 13.1 Å². The fourth-order valence-corrected chi connectivity index (χ4v) is 2.57. The number of nitrogens with one attached hydrogen (secondary N) is 1. The molecule has 0 amide bonds. The highest BCUT2D eigenvalue weighted by Gasteiger charge is 2.21. The minimum absolute atomic E-state index is 0.787.